The summed E-state index contributed by atoms with van der Waals surface area (Å²) in [6, 6.07) is 8.05. The van der Waals surface area contributed by atoms with Crippen molar-refractivity contribution >= 4 is 17.9 Å². The third-order valence-corrected chi connectivity index (χ3v) is 4.34. The Morgan fingerprint density at radius 2 is 1.48 bits per heavy atom. The lowest BCUT2D eigenvalue weighted by Crippen LogP contribution is -2.14. The predicted octanol–water partition coefficient (Wildman–Crippen LogP) is 2.76. The molecule has 0 bridgehead atoms. The van der Waals surface area contributed by atoms with Gasteiger partial charge in [0.1, 0.15) is 19.8 Å². The summed E-state index contributed by atoms with van der Waals surface area (Å²) < 4.78 is 5.06. The van der Waals surface area contributed by atoms with E-state index in [4.69, 9.17) is 30.1 Å². The summed E-state index contributed by atoms with van der Waals surface area (Å²) in [5, 5.41) is 35.4. The first kappa shape index (κ1) is 25.9. The minimum Gasteiger partial charge on any atom is -0.478 e. The van der Waals surface area contributed by atoms with Gasteiger partial charge in [-0.2, -0.15) is 0 Å². The minimum atomic E-state index is -1.31. The number of ether oxygens (including phenoxy) is 1. The molecule has 0 aliphatic carbocycles. The molecule has 12 nitrogen and oxygen atoms in total. The molecule has 4 N–H and O–H groups in total. The van der Waals surface area contributed by atoms with Gasteiger partial charge in [0.05, 0.1) is 29.9 Å². The topological polar surface area (TPSA) is 178 Å². The number of carboxylic acids is 2. The Kier molecular flexibility index (Phi) is 10.4. The molecule has 2 aromatic rings. The summed E-state index contributed by atoms with van der Waals surface area (Å²) in [5.74, 6) is -3.31. The minimum absolute atomic E-state index is 0.0158. The molecule has 0 amide bonds. The molecule has 178 valence electrons. The van der Waals surface area contributed by atoms with Crippen LogP contribution in [0.1, 0.15) is 54.2 Å². The van der Waals surface area contributed by atoms with Crippen molar-refractivity contribution in [2.45, 2.75) is 26.2 Å². The van der Waals surface area contributed by atoms with Gasteiger partial charge in [0.2, 0.25) is 0 Å². The Morgan fingerprint density at radius 1 is 0.727 bits per heavy atom. The molecule has 0 aromatic heterocycles. The van der Waals surface area contributed by atoms with Gasteiger partial charge in [-0.05, 0) is 41.0 Å². The lowest BCUT2D eigenvalue weighted by atomic mass is 10.0. The molecule has 0 aliphatic rings. The Morgan fingerprint density at radius 3 is 2.15 bits per heavy atom. The van der Waals surface area contributed by atoms with E-state index in [9.17, 15) is 19.5 Å². The highest BCUT2D eigenvalue weighted by Crippen LogP contribution is 2.16. The van der Waals surface area contributed by atoms with Crippen molar-refractivity contribution in [3.63, 3.8) is 0 Å². The molecule has 0 heterocycles. The maximum atomic E-state index is 12.2. The van der Waals surface area contributed by atoms with Gasteiger partial charge in [-0.3, -0.25) is 10.5 Å². The van der Waals surface area contributed by atoms with Gasteiger partial charge in [-0.25, -0.2) is 33.9 Å². The van der Waals surface area contributed by atoms with E-state index in [1.54, 1.807) is 0 Å². The Balaban J connectivity index is 1.81. The van der Waals surface area contributed by atoms with Crippen LogP contribution < -0.4 is 0 Å². The van der Waals surface area contributed by atoms with E-state index < -0.39 is 17.9 Å². The van der Waals surface area contributed by atoms with Gasteiger partial charge in [0, 0.05) is 6.42 Å². The predicted molar refractivity (Wildman–Crippen MR) is 107 cm³/mol. The smallest absolute Gasteiger partial charge is 0.339 e. The van der Waals surface area contributed by atoms with Crippen LogP contribution >= 0.6 is 0 Å². The van der Waals surface area contributed by atoms with E-state index in [-0.39, 0.29) is 56.1 Å². The summed E-state index contributed by atoms with van der Waals surface area (Å²) in [6.07, 6.45) is 0.218. The van der Waals surface area contributed by atoms with Gasteiger partial charge < -0.3 is 14.9 Å². The van der Waals surface area contributed by atoms with E-state index in [1.807, 2.05) is 0 Å². The van der Waals surface area contributed by atoms with Gasteiger partial charge in [-0.15, -0.1) is 0 Å². The van der Waals surface area contributed by atoms with E-state index in [1.165, 1.54) is 36.4 Å². The standard InChI is InChI=1S/C21H22O12/c22-19(23)14-3-4-15(11-31-28)16(9-14)12-33-32-7-1-6-29-21(26)18-8-13(10-30-27)2-5-17(18)20(24)25/h2-5,8-9,27-28H,1,6-7,10-12H2,(H,22,23)(H,24,25). The summed E-state index contributed by atoms with van der Waals surface area (Å²) in [4.78, 5) is 52.7. The van der Waals surface area contributed by atoms with Crippen LogP contribution in [0.5, 0.6) is 0 Å². The Hall–Kier alpha value is -3.39. The number of carboxylic acid groups (broad SMARTS) is 2. The summed E-state index contributed by atoms with van der Waals surface area (Å²) in [5.41, 5.74) is 0.895. The van der Waals surface area contributed by atoms with Crippen molar-refractivity contribution in [3.8, 4) is 0 Å². The average molecular weight is 466 g/mol. The fraction of sp³-hybridized carbons (Fsp3) is 0.286. The van der Waals surface area contributed by atoms with Crippen LogP contribution in [0.3, 0.4) is 0 Å². The number of carbonyl (C=O) groups is 3. The second-order valence-electron chi connectivity index (χ2n) is 6.59. The van der Waals surface area contributed by atoms with Crippen molar-refractivity contribution in [2.75, 3.05) is 13.2 Å². The number of carbonyl (C=O) groups excluding carboxylic acids is 1. The second kappa shape index (κ2) is 13.2. The molecule has 12 heteroatoms. The molecule has 33 heavy (non-hydrogen) atoms. The van der Waals surface area contributed by atoms with Crippen molar-refractivity contribution < 1.29 is 59.4 Å². The molecular weight excluding hydrogens is 444 g/mol. The normalized spacial score (nSPS) is 10.7. The van der Waals surface area contributed by atoms with Crippen LogP contribution in [0.2, 0.25) is 0 Å². The fourth-order valence-corrected chi connectivity index (χ4v) is 2.74. The summed E-state index contributed by atoms with van der Waals surface area (Å²) in [7, 11) is 0. The van der Waals surface area contributed by atoms with E-state index in [0.29, 0.717) is 16.7 Å². The van der Waals surface area contributed by atoms with Crippen LogP contribution in [-0.2, 0) is 44.1 Å². The zero-order chi connectivity index (χ0) is 24.2. The molecule has 2 rings (SSSR count). The van der Waals surface area contributed by atoms with Gasteiger partial charge in [-0.1, -0.05) is 12.1 Å². The number of aromatic carboxylic acids is 2. The molecular formula is C21H22O12. The second-order valence-corrected chi connectivity index (χ2v) is 6.59. The van der Waals surface area contributed by atoms with Crippen LogP contribution in [-0.4, -0.2) is 51.8 Å². The maximum absolute atomic E-state index is 12.2. The number of hydrogen-bond donors (Lipinski definition) is 4. The van der Waals surface area contributed by atoms with Crippen molar-refractivity contribution in [2.24, 2.45) is 0 Å². The third kappa shape index (κ3) is 7.91. The monoisotopic (exact) mass is 466 g/mol. The van der Waals surface area contributed by atoms with Gasteiger partial charge in [0.25, 0.3) is 0 Å². The first-order chi connectivity index (χ1) is 15.9. The highest BCUT2D eigenvalue weighted by Gasteiger charge is 2.18. The lowest BCUT2D eigenvalue weighted by Gasteiger charge is -2.11. The van der Waals surface area contributed by atoms with E-state index in [0.717, 1.165) is 0 Å². The highest BCUT2D eigenvalue weighted by atomic mass is 17.2. The number of esters is 1. The third-order valence-electron chi connectivity index (χ3n) is 4.34. The first-order valence-corrected chi connectivity index (χ1v) is 9.53. The Bertz CT molecular complexity index is 972. The lowest BCUT2D eigenvalue weighted by molar-refractivity contribution is -0.305. The molecule has 0 aliphatic heterocycles. The highest BCUT2D eigenvalue weighted by molar-refractivity contribution is 6.02. The van der Waals surface area contributed by atoms with Crippen LogP contribution in [0.15, 0.2) is 36.4 Å². The molecule has 0 atom stereocenters. The number of benzene rings is 2. The molecule has 0 unspecified atom stereocenters. The Labute approximate surface area is 187 Å². The molecule has 0 radical (unpaired) electrons. The van der Waals surface area contributed by atoms with Crippen molar-refractivity contribution in [1.29, 1.82) is 0 Å². The molecule has 0 saturated heterocycles. The quantitative estimate of drug-likeness (QED) is 0.139. The van der Waals surface area contributed by atoms with E-state index >= 15 is 0 Å². The molecule has 0 spiro atoms. The van der Waals surface area contributed by atoms with Crippen LogP contribution in [0, 0.1) is 0 Å². The summed E-state index contributed by atoms with van der Waals surface area (Å²) >= 11 is 0. The van der Waals surface area contributed by atoms with E-state index in [2.05, 4.69) is 9.78 Å². The van der Waals surface area contributed by atoms with Crippen molar-refractivity contribution in [3.05, 3.63) is 69.8 Å². The first-order valence-electron chi connectivity index (χ1n) is 9.53. The largest absolute Gasteiger partial charge is 0.478 e. The SMILES string of the molecule is O=C(O)c1ccc(COO)c(COOCCCOC(=O)c2cc(COO)ccc2C(=O)O)c1. The molecule has 0 fully saturated rings. The number of hydrogen-bond acceptors (Lipinski definition) is 10. The van der Waals surface area contributed by atoms with Gasteiger partial charge >= 0.3 is 17.9 Å². The maximum Gasteiger partial charge on any atom is 0.339 e. The van der Waals surface area contributed by atoms with Crippen LogP contribution in [0.25, 0.3) is 0 Å². The zero-order valence-corrected chi connectivity index (χ0v) is 17.3. The van der Waals surface area contributed by atoms with Gasteiger partial charge in [0.15, 0.2) is 0 Å². The summed E-state index contributed by atoms with van der Waals surface area (Å²) in [6.45, 7) is -0.603. The van der Waals surface area contributed by atoms with Crippen molar-refractivity contribution in [1.82, 2.24) is 0 Å². The van der Waals surface area contributed by atoms with Crippen LogP contribution in [0.4, 0.5) is 0 Å². The fourth-order valence-electron chi connectivity index (χ4n) is 2.74. The molecule has 2 aromatic carbocycles. The number of rotatable bonds is 14. The zero-order valence-electron chi connectivity index (χ0n) is 17.3. The molecule has 0 saturated carbocycles. The average Bonchev–Trinajstić information content (AvgIpc) is 2.79.